The average molecular weight is 334 g/mol. The van der Waals surface area contributed by atoms with Crippen LogP contribution in [-0.2, 0) is 29.6 Å². The van der Waals surface area contributed by atoms with E-state index in [0.29, 0.717) is 0 Å². The lowest BCUT2D eigenvalue weighted by Crippen LogP contribution is -2.35. The fourth-order valence-electron chi connectivity index (χ4n) is 2.88. The Hall–Kier alpha value is -1.70. The molecule has 1 N–H and O–H groups in total. The first-order valence-corrected chi connectivity index (χ1v) is 9.25. The molecule has 1 aromatic heterocycles. The molecule has 0 bridgehead atoms. The minimum absolute atomic E-state index is 0.183. The van der Waals surface area contributed by atoms with Gasteiger partial charge < -0.3 is 0 Å². The molecular formula is C16H22N4O2S. The van der Waals surface area contributed by atoms with Crippen molar-refractivity contribution in [1.82, 2.24) is 18.6 Å². The zero-order valence-corrected chi connectivity index (χ0v) is 14.3. The van der Waals surface area contributed by atoms with Crippen LogP contribution in [0.25, 0.3) is 5.69 Å². The van der Waals surface area contributed by atoms with Crippen molar-refractivity contribution in [2.75, 3.05) is 14.1 Å². The average Bonchev–Trinajstić information content (AvgIpc) is 2.92. The first-order chi connectivity index (χ1) is 11.0. The SMILES string of the molecule is CN(C)S(=O)(=O)NCc1nc2c(n1-c1ccccc1)CCCC2. The number of nitrogens with one attached hydrogen (secondary N) is 1. The topological polar surface area (TPSA) is 67.2 Å². The molecule has 1 aromatic carbocycles. The van der Waals surface area contributed by atoms with Crippen molar-refractivity contribution >= 4 is 10.2 Å². The van der Waals surface area contributed by atoms with Gasteiger partial charge in [0.15, 0.2) is 0 Å². The summed E-state index contributed by atoms with van der Waals surface area (Å²) in [6.45, 7) is 0.183. The van der Waals surface area contributed by atoms with Crippen LogP contribution >= 0.6 is 0 Å². The van der Waals surface area contributed by atoms with Crippen LogP contribution in [-0.4, -0.2) is 36.4 Å². The highest BCUT2D eigenvalue weighted by molar-refractivity contribution is 7.87. The van der Waals surface area contributed by atoms with Crippen LogP contribution < -0.4 is 4.72 Å². The Balaban J connectivity index is 1.98. The van der Waals surface area contributed by atoms with Gasteiger partial charge in [-0.3, -0.25) is 4.57 Å². The highest BCUT2D eigenvalue weighted by atomic mass is 32.2. The molecule has 23 heavy (non-hydrogen) atoms. The first kappa shape index (κ1) is 16.2. The zero-order chi connectivity index (χ0) is 16.4. The zero-order valence-electron chi connectivity index (χ0n) is 13.5. The standard InChI is InChI=1S/C16H22N4O2S/c1-19(2)23(21,22)17-12-16-18-14-10-6-7-11-15(14)20(16)13-8-4-3-5-9-13/h3-5,8-9,17H,6-7,10-12H2,1-2H3. The highest BCUT2D eigenvalue weighted by Crippen LogP contribution is 2.25. The summed E-state index contributed by atoms with van der Waals surface area (Å²) in [6.07, 6.45) is 4.23. The van der Waals surface area contributed by atoms with Gasteiger partial charge >= 0.3 is 0 Å². The summed E-state index contributed by atoms with van der Waals surface area (Å²) in [5, 5.41) is 0. The van der Waals surface area contributed by atoms with Crippen molar-refractivity contribution < 1.29 is 8.42 Å². The van der Waals surface area contributed by atoms with E-state index in [2.05, 4.69) is 9.29 Å². The van der Waals surface area contributed by atoms with Gasteiger partial charge in [0, 0.05) is 25.5 Å². The molecule has 1 aliphatic rings. The maximum absolute atomic E-state index is 12.0. The van der Waals surface area contributed by atoms with Gasteiger partial charge in [-0.25, -0.2) is 4.98 Å². The van der Waals surface area contributed by atoms with Crippen LogP contribution in [0, 0.1) is 0 Å². The van der Waals surface area contributed by atoms with Crippen molar-refractivity contribution in [3.05, 3.63) is 47.5 Å². The van der Waals surface area contributed by atoms with E-state index in [-0.39, 0.29) is 6.54 Å². The second-order valence-electron chi connectivity index (χ2n) is 5.91. The highest BCUT2D eigenvalue weighted by Gasteiger charge is 2.22. The second-order valence-corrected chi connectivity index (χ2v) is 7.88. The summed E-state index contributed by atoms with van der Waals surface area (Å²) < 4.78 is 29.8. The Labute approximate surface area is 137 Å². The van der Waals surface area contributed by atoms with E-state index >= 15 is 0 Å². The molecule has 0 aliphatic heterocycles. The normalized spacial score (nSPS) is 14.9. The summed E-state index contributed by atoms with van der Waals surface area (Å²) in [7, 11) is -0.445. The van der Waals surface area contributed by atoms with E-state index in [4.69, 9.17) is 4.98 Å². The summed E-state index contributed by atoms with van der Waals surface area (Å²) in [4.78, 5) is 4.71. The molecule has 1 aliphatic carbocycles. The van der Waals surface area contributed by atoms with Crippen LogP contribution in [0.4, 0.5) is 0 Å². The van der Waals surface area contributed by atoms with Gasteiger partial charge in [0.1, 0.15) is 5.82 Å². The van der Waals surface area contributed by atoms with Gasteiger partial charge in [-0.1, -0.05) is 18.2 Å². The number of benzene rings is 1. The summed E-state index contributed by atoms with van der Waals surface area (Å²) in [5.41, 5.74) is 3.34. The van der Waals surface area contributed by atoms with Gasteiger partial charge in [0.25, 0.3) is 10.2 Å². The van der Waals surface area contributed by atoms with Gasteiger partial charge in [-0.15, -0.1) is 0 Å². The monoisotopic (exact) mass is 334 g/mol. The Morgan fingerprint density at radius 1 is 1.17 bits per heavy atom. The number of para-hydroxylation sites is 1. The van der Waals surface area contributed by atoms with Crippen molar-refractivity contribution in [2.45, 2.75) is 32.2 Å². The molecule has 1 heterocycles. The Morgan fingerprint density at radius 2 is 1.87 bits per heavy atom. The minimum atomic E-state index is -3.47. The molecule has 7 heteroatoms. The predicted molar refractivity (Wildman–Crippen MR) is 89.7 cm³/mol. The van der Waals surface area contributed by atoms with Crippen molar-refractivity contribution in [2.24, 2.45) is 0 Å². The third-order valence-corrected chi connectivity index (χ3v) is 5.58. The van der Waals surface area contributed by atoms with Gasteiger partial charge in [-0.05, 0) is 37.8 Å². The Bertz CT molecular complexity index is 782. The van der Waals surface area contributed by atoms with E-state index in [1.165, 1.54) is 24.1 Å². The third-order valence-electron chi connectivity index (χ3n) is 4.11. The quantitative estimate of drug-likeness (QED) is 0.904. The van der Waals surface area contributed by atoms with E-state index in [1.54, 1.807) is 0 Å². The molecule has 0 amide bonds. The van der Waals surface area contributed by atoms with Crippen molar-refractivity contribution in [3.8, 4) is 5.69 Å². The summed E-state index contributed by atoms with van der Waals surface area (Å²) in [6, 6.07) is 10.00. The van der Waals surface area contributed by atoms with Crippen LogP contribution in [0.3, 0.4) is 0 Å². The number of hydrogen-bond donors (Lipinski definition) is 1. The number of nitrogens with zero attached hydrogens (tertiary/aromatic N) is 3. The number of rotatable bonds is 5. The van der Waals surface area contributed by atoms with Gasteiger partial charge in [-0.2, -0.15) is 17.4 Å². The molecule has 124 valence electrons. The van der Waals surface area contributed by atoms with Crippen molar-refractivity contribution in [3.63, 3.8) is 0 Å². The van der Waals surface area contributed by atoms with E-state index in [0.717, 1.165) is 42.9 Å². The fraction of sp³-hybridized carbons (Fsp3) is 0.438. The molecule has 0 atom stereocenters. The largest absolute Gasteiger partial charge is 0.299 e. The number of aryl methyl sites for hydroxylation is 1. The van der Waals surface area contributed by atoms with E-state index in [1.807, 2.05) is 30.3 Å². The van der Waals surface area contributed by atoms with Crippen LogP contribution in [0.15, 0.2) is 30.3 Å². The smallest absolute Gasteiger partial charge is 0.279 e. The minimum Gasteiger partial charge on any atom is -0.299 e. The number of aromatic nitrogens is 2. The molecule has 0 fully saturated rings. The third kappa shape index (κ3) is 3.31. The number of fused-ring (bicyclic) bond motifs is 1. The number of hydrogen-bond acceptors (Lipinski definition) is 3. The van der Waals surface area contributed by atoms with E-state index < -0.39 is 10.2 Å². The summed E-state index contributed by atoms with van der Waals surface area (Å²) in [5.74, 6) is 0.744. The lowest BCUT2D eigenvalue weighted by atomic mass is 10.0. The lowest BCUT2D eigenvalue weighted by molar-refractivity contribution is 0.503. The van der Waals surface area contributed by atoms with Gasteiger partial charge in [0.05, 0.1) is 12.2 Å². The molecule has 0 saturated carbocycles. The molecule has 0 saturated heterocycles. The molecule has 0 unspecified atom stereocenters. The van der Waals surface area contributed by atoms with Crippen LogP contribution in [0.1, 0.15) is 30.1 Å². The first-order valence-electron chi connectivity index (χ1n) is 7.81. The number of imidazole rings is 1. The second kappa shape index (κ2) is 6.43. The Morgan fingerprint density at radius 3 is 2.57 bits per heavy atom. The molecule has 2 aromatic rings. The Kier molecular flexibility index (Phi) is 4.52. The van der Waals surface area contributed by atoms with Crippen molar-refractivity contribution in [1.29, 1.82) is 0 Å². The maximum atomic E-state index is 12.0. The molecule has 0 spiro atoms. The molecule has 0 radical (unpaired) electrons. The molecule has 6 nitrogen and oxygen atoms in total. The predicted octanol–water partition coefficient (Wildman–Crippen LogP) is 1.65. The maximum Gasteiger partial charge on any atom is 0.279 e. The fourth-order valence-corrected chi connectivity index (χ4v) is 3.45. The van der Waals surface area contributed by atoms with E-state index in [9.17, 15) is 8.42 Å². The lowest BCUT2D eigenvalue weighted by Gasteiger charge is -2.16. The molecule has 3 rings (SSSR count). The summed E-state index contributed by atoms with van der Waals surface area (Å²) >= 11 is 0. The van der Waals surface area contributed by atoms with Crippen LogP contribution in [0.2, 0.25) is 0 Å². The molecular weight excluding hydrogens is 312 g/mol. The van der Waals surface area contributed by atoms with Crippen LogP contribution in [0.5, 0.6) is 0 Å². The van der Waals surface area contributed by atoms with Gasteiger partial charge in [0.2, 0.25) is 0 Å².